The molecule has 30 heavy (non-hydrogen) atoms. The molecule has 0 aliphatic rings. The Kier molecular flexibility index (Phi) is 7.81. The number of thiophene rings is 1. The molecule has 2 aromatic heterocycles. The minimum atomic E-state index is -0.0100. The number of thiazole rings is 1. The number of methoxy groups -OCH3 is 1. The lowest BCUT2D eigenvalue weighted by Gasteiger charge is -2.06. The van der Waals surface area contributed by atoms with Gasteiger partial charge < -0.3 is 21.1 Å². The molecule has 0 atom stereocenters. The van der Waals surface area contributed by atoms with Gasteiger partial charge in [0.05, 0.1) is 17.7 Å². The van der Waals surface area contributed by atoms with Crippen LogP contribution in [0, 0.1) is 0 Å². The number of benzene rings is 1. The molecular weight excluding hydrogens is 418 g/mol. The Morgan fingerprint density at radius 2 is 2.07 bits per heavy atom. The summed E-state index contributed by atoms with van der Waals surface area (Å²) in [6.45, 7) is 2.72. The molecule has 4 N–H and O–H groups in total. The predicted molar refractivity (Wildman–Crippen MR) is 125 cm³/mol. The summed E-state index contributed by atoms with van der Waals surface area (Å²) in [4.78, 5) is 22.3. The SMILES string of the molecule is COc1ccccc1CCN=C(N)Nc1nc(-c2ccc(CCNC(C)=O)s2)cs1. The van der Waals surface area contributed by atoms with E-state index < -0.39 is 0 Å². The van der Waals surface area contributed by atoms with Crippen molar-refractivity contribution in [1.82, 2.24) is 10.3 Å². The van der Waals surface area contributed by atoms with Crippen LogP contribution in [0.4, 0.5) is 5.13 Å². The number of nitrogens with zero attached hydrogens (tertiary/aromatic N) is 2. The largest absolute Gasteiger partial charge is 0.496 e. The number of nitrogens with one attached hydrogen (secondary N) is 2. The monoisotopic (exact) mass is 443 g/mol. The topological polar surface area (TPSA) is 102 Å². The van der Waals surface area contributed by atoms with Gasteiger partial charge in [0.1, 0.15) is 5.75 Å². The summed E-state index contributed by atoms with van der Waals surface area (Å²) in [6.07, 6.45) is 1.55. The fourth-order valence-corrected chi connectivity index (χ4v) is 4.57. The Morgan fingerprint density at radius 1 is 1.23 bits per heavy atom. The zero-order valence-electron chi connectivity index (χ0n) is 17.0. The molecule has 2 heterocycles. The van der Waals surface area contributed by atoms with Gasteiger partial charge in [0.2, 0.25) is 5.91 Å². The van der Waals surface area contributed by atoms with E-state index in [2.05, 4.69) is 32.7 Å². The zero-order valence-corrected chi connectivity index (χ0v) is 18.6. The molecule has 1 amide bonds. The molecule has 3 rings (SSSR count). The molecule has 0 unspecified atom stereocenters. The second-order valence-corrected chi connectivity index (χ2v) is 8.52. The van der Waals surface area contributed by atoms with E-state index in [4.69, 9.17) is 10.5 Å². The van der Waals surface area contributed by atoms with Crippen molar-refractivity contribution in [3.8, 4) is 16.3 Å². The van der Waals surface area contributed by atoms with Crippen LogP contribution >= 0.6 is 22.7 Å². The molecule has 158 valence electrons. The van der Waals surface area contributed by atoms with Crippen LogP contribution in [0.15, 0.2) is 46.8 Å². The van der Waals surface area contributed by atoms with Crippen LogP contribution in [0.1, 0.15) is 17.4 Å². The summed E-state index contributed by atoms with van der Waals surface area (Å²) in [5, 5.41) is 8.57. The molecule has 0 spiro atoms. The minimum Gasteiger partial charge on any atom is -0.496 e. The lowest BCUT2D eigenvalue weighted by molar-refractivity contribution is -0.118. The summed E-state index contributed by atoms with van der Waals surface area (Å²) < 4.78 is 5.36. The average Bonchev–Trinajstić information content (AvgIpc) is 3.37. The number of carbonyl (C=O) groups excluding carboxylic acids is 1. The fraction of sp³-hybridized carbons (Fsp3) is 0.286. The van der Waals surface area contributed by atoms with Crippen molar-refractivity contribution in [3.05, 3.63) is 52.2 Å². The first kappa shape index (κ1) is 21.8. The summed E-state index contributed by atoms with van der Waals surface area (Å²) in [7, 11) is 1.66. The molecule has 0 bridgehead atoms. The van der Waals surface area contributed by atoms with Crippen LogP contribution < -0.4 is 21.1 Å². The van der Waals surface area contributed by atoms with Crippen molar-refractivity contribution >= 4 is 39.7 Å². The summed E-state index contributed by atoms with van der Waals surface area (Å²) in [6, 6.07) is 12.0. The van der Waals surface area contributed by atoms with E-state index in [0.29, 0.717) is 24.2 Å². The first-order valence-corrected chi connectivity index (χ1v) is 11.2. The number of hydrogen-bond donors (Lipinski definition) is 3. The Hall–Kier alpha value is -2.91. The second-order valence-electron chi connectivity index (χ2n) is 6.49. The Labute approximate surface area is 184 Å². The Morgan fingerprint density at radius 3 is 2.87 bits per heavy atom. The molecule has 0 aliphatic carbocycles. The van der Waals surface area contributed by atoms with Crippen molar-refractivity contribution < 1.29 is 9.53 Å². The normalized spacial score (nSPS) is 11.3. The second kappa shape index (κ2) is 10.7. The number of ether oxygens (including phenoxy) is 1. The van der Waals surface area contributed by atoms with E-state index in [9.17, 15) is 4.79 Å². The average molecular weight is 444 g/mol. The van der Waals surface area contributed by atoms with Gasteiger partial charge in [0, 0.05) is 30.3 Å². The van der Waals surface area contributed by atoms with Crippen LogP contribution in [0.5, 0.6) is 5.75 Å². The van der Waals surface area contributed by atoms with Gasteiger partial charge in [-0.1, -0.05) is 18.2 Å². The van der Waals surface area contributed by atoms with E-state index in [-0.39, 0.29) is 5.91 Å². The first-order chi connectivity index (χ1) is 14.5. The molecule has 3 aromatic rings. The number of rotatable bonds is 9. The maximum atomic E-state index is 11.0. The molecule has 0 saturated carbocycles. The number of aliphatic imine (C=N–C) groups is 1. The fourth-order valence-electron chi connectivity index (χ4n) is 2.81. The van der Waals surface area contributed by atoms with Gasteiger partial charge in [-0.05, 0) is 36.6 Å². The van der Waals surface area contributed by atoms with Gasteiger partial charge in [-0.25, -0.2) is 4.98 Å². The van der Waals surface area contributed by atoms with Crippen LogP contribution in [0.3, 0.4) is 0 Å². The molecule has 0 aliphatic heterocycles. The predicted octanol–water partition coefficient (Wildman–Crippen LogP) is 3.53. The summed E-state index contributed by atoms with van der Waals surface area (Å²) >= 11 is 3.16. The summed E-state index contributed by atoms with van der Waals surface area (Å²) in [5.74, 6) is 1.19. The van der Waals surface area contributed by atoms with Crippen LogP contribution in [0.25, 0.3) is 10.6 Å². The highest BCUT2D eigenvalue weighted by Crippen LogP contribution is 2.30. The Bertz CT molecular complexity index is 1010. The van der Waals surface area contributed by atoms with E-state index in [1.165, 1.54) is 23.1 Å². The van der Waals surface area contributed by atoms with E-state index in [0.717, 1.165) is 34.7 Å². The standard InChI is InChI=1S/C21H25N5O2S2/c1-14(27)23-12-10-16-7-8-19(30-16)17-13-29-21(25-17)26-20(22)24-11-9-15-5-3-4-6-18(15)28-2/h3-8,13H,9-12H2,1-2H3,(H,23,27)(H3,22,24,25,26). The van der Waals surface area contributed by atoms with Gasteiger partial charge >= 0.3 is 0 Å². The minimum absolute atomic E-state index is 0.0100. The molecule has 7 nitrogen and oxygen atoms in total. The number of guanidine groups is 1. The van der Waals surface area contributed by atoms with Crippen molar-refractivity contribution in [2.75, 3.05) is 25.5 Å². The number of carbonyl (C=O) groups is 1. The third kappa shape index (κ3) is 6.30. The van der Waals surface area contributed by atoms with Crippen LogP contribution in [-0.2, 0) is 17.6 Å². The van der Waals surface area contributed by atoms with Gasteiger partial charge in [-0.15, -0.1) is 22.7 Å². The third-order valence-electron chi connectivity index (χ3n) is 4.25. The number of nitrogens with two attached hydrogens (primary N) is 1. The van der Waals surface area contributed by atoms with Gasteiger partial charge in [0.25, 0.3) is 0 Å². The molecule has 1 aromatic carbocycles. The van der Waals surface area contributed by atoms with Crippen molar-refractivity contribution in [2.45, 2.75) is 19.8 Å². The summed E-state index contributed by atoms with van der Waals surface area (Å²) in [5.41, 5.74) is 8.01. The zero-order chi connectivity index (χ0) is 21.3. The lowest BCUT2D eigenvalue weighted by Crippen LogP contribution is -2.23. The lowest BCUT2D eigenvalue weighted by atomic mass is 10.1. The first-order valence-electron chi connectivity index (χ1n) is 9.53. The smallest absolute Gasteiger partial charge is 0.216 e. The van der Waals surface area contributed by atoms with Gasteiger partial charge in [-0.2, -0.15) is 0 Å². The van der Waals surface area contributed by atoms with E-state index in [1.54, 1.807) is 18.4 Å². The van der Waals surface area contributed by atoms with Crippen molar-refractivity contribution in [1.29, 1.82) is 0 Å². The van der Waals surface area contributed by atoms with Crippen molar-refractivity contribution in [2.24, 2.45) is 10.7 Å². The molecule has 0 radical (unpaired) electrons. The maximum absolute atomic E-state index is 11.0. The maximum Gasteiger partial charge on any atom is 0.216 e. The third-order valence-corrected chi connectivity index (χ3v) is 6.18. The number of hydrogen-bond acceptors (Lipinski definition) is 6. The van der Waals surface area contributed by atoms with Crippen molar-refractivity contribution in [3.63, 3.8) is 0 Å². The highest BCUT2D eigenvalue weighted by molar-refractivity contribution is 7.17. The quantitative estimate of drug-likeness (QED) is 0.347. The molecule has 0 fully saturated rings. The number of para-hydroxylation sites is 1. The number of aromatic nitrogens is 1. The van der Waals surface area contributed by atoms with E-state index in [1.807, 2.05) is 29.6 Å². The number of amides is 1. The highest BCUT2D eigenvalue weighted by atomic mass is 32.1. The van der Waals surface area contributed by atoms with Gasteiger partial charge in [-0.3, -0.25) is 9.79 Å². The molecule has 0 saturated heterocycles. The Balaban J connectivity index is 1.53. The van der Waals surface area contributed by atoms with Crippen LogP contribution in [-0.4, -0.2) is 37.1 Å². The van der Waals surface area contributed by atoms with Gasteiger partial charge in [0.15, 0.2) is 11.1 Å². The highest BCUT2D eigenvalue weighted by Gasteiger charge is 2.09. The number of anilines is 1. The van der Waals surface area contributed by atoms with E-state index >= 15 is 0 Å². The molecule has 9 heteroatoms. The van der Waals surface area contributed by atoms with Crippen LogP contribution in [0.2, 0.25) is 0 Å². The molecular formula is C21H25N5O2S2.